The lowest BCUT2D eigenvalue weighted by atomic mass is 10.3. The van der Waals surface area contributed by atoms with Gasteiger partial charge in [-0.2, -0.15) is 0 Å². The summed E-state index contributed by atoms with van der Waals surface area (Å²) in [5.41, 5.74) is 6.13. The summed E-state index contributed by atoms with van der Waals surface area (Å²) in [5.74, 6) is 0. The number of nitrogen functional groups attached to an aromatic ring is 1. The first-order valence-electron chi connectivity index (χ1n) is 2.90. The van der Waals surface area contributed by atoms with Crippen molar-refractivity contribution in [3.05, 3.63) is 24.3 Å². The molecule has 0 aliphatic carbocycles. The molecule has 3 heteroatoms. The predicted octanol–water partition coefficient (Wildman–Crippen LogP) is 1.01. The molecule has 0 aliphatic rings. The molecule has 0 heterocycles. The van der Waals surface area contributed by atoms with Gasteiger partial charge in [0.15, 0.2) is 0 Å². The van der Waals surface area contributed by atoms with Crippen molar-refractivity contribution in [2.24, 2.45) is 0 Å². The lowest BCUT2D eigenvalue weighted by Crippen LogP contribution is -1.94. The first-order valence-corrected chi connectivity index (χ1v) is 4.45. The fraction of sp³-hybridized carbons (Fsp3) is 0.143. The molecule has 0 bridgehead atoms. The summed E-state index contributed by atoms with van der Waals surface area (Å²) >= 11 is 0. The van der Waals surface area contributed by atoms with Crippen LogP contribution in [0.1, 0.15) is 0 Å². The maximum absolute atomic E-state index is 10.9. The number of rotatable bonds is 1. The van der Waals surface area contributed by atoms with Gasteiger partial charge in [0, 0.05) is 11.9 Å². The van der Waals surface area contributed by atoms with E-state index >= 15 is 0 Å². The maximum Gasteiger partial charge on any atom is 0.0614 e. The van der Waals surface area contributed by atoms with E-state index in [-0.39, 0.29) is 0 Å². The van der Waals surface area contributed by atoms with Gasteiger partial charge in [-0.1, -0.05) is 12.1 Å². The molecule has 0 radical (unpaired) electrons. The highest BCUT2D eigenvalue weighted by Crippen LogP contribution is 2.13. The van der Waals surface area contributed by atoms with Crippen LogP contribution < -0.4 is 5.73 Å². The molecule has 0 amide bonds. The monoisotopic (exact) mass is 155 g/mol. The summed E-state index contributed by atoms with van der Waals surface area (Å²) in [4.78, 5) is 0.711. The van der Waals surface area contributed by atoms with Crippen molar-refractivity contribution in [1.82, 2.24) is 0 Å². The fourth-order valence-electron chi connectivity index (χ4n) is 0.742. The van der Waals surface area contributed by atoms with Crippen molar-refractivity contribution in [3.8, 4) is 0 Å². The smallest absolute Gasteiger partial charge is 0.0614 e. The molecule has 54 valence electrons. The Morgan fingerprint density at radius 1 is 1.40 bits per heavy atom. The van der Waals surface area contributed by atoms with Gasteiger partial charge in [-0.3, -0.25) is 4.21 Å². The van der Waals surface area contributed by atoms with Gasteiger partial charge in [0.05, 0.1) is 15.7 Å². The Morgan fingerprint density at radius 3 is 2.40 bits per heavy atom. The molecular formula is C7H9NOS. The summed E-state index contributed by atoms with van der Waals surface area (Å²) < 4.78 is 10.9. The molecule has 0 saturated carbocycles. The van der Waals surface area contributed by atoms with Crippen LogP contribution in [0, 0.1) is 0 Å². The highest BCUT2D eigenvalue weighted by atomic mass is 32.2. The van der Waals surface area contributed by atoms with Crippen LogP contribution in [0.3, 0.4) is 0 Å². The van der Waals surface area contributed by atoms with Crippen LogP contribution in [0.2, 0.25) is 0 Å². The topological polar surface area (TPSA) is 43.1 Å². The lowest BCUT2D eigenvalue weighted by Gasteiger charge is -1.98. The quantitative estimate of drug-likeness (QED) is 0.615. The lowest BCUT2D eigenvalue weighted by molar-refractivity contribution is 0.687. The van der Waals surface area contributed by atoms with Crippen molar-refractivity contribution in [3.63, 3.8) is 0 Å². The fourth-order valence-corrected chi connectivity index (χ4v) is 1.41. The van der Waals surface area contributed by atoms with Gasteiger partial charge in [-0.15, -0.1) is 0 Å². The van der Waals surface area contributed by atoms with E-state index in [2.05, 4.69) is 0 Å². The SMILES string of the molecule is C[S@@](=O)c1ccccc1N. The van der Waals surface area contributed by atoms with Crippen molar-refractivity contribution >= 4 is 16.5 Å². The summed E-state index contributed by atoms with van der Waals surface area (Å²) in [5, 5.41) is 0. The molecule has 0 unspecified atom stereocenters. The average molecular weight is 155 g/mol. The van der Waals surface area contributed by atoms with Gasteiger partial charge in [-0.05, 0) is 12.1 Å². The molecule has 10 heavy (non-hydrogen) atoms. The maximum atomic E-state index is 10.9. The van der Waals surface area contributed by atoms with Crippen LogP contribution in [0.4, 0.5) is 5.69 Å². The third kappa shape index (κ3) is 1.36. The number of hydrogen-bond acceptors (Lipinski definition) is 2. The van der Waals surface area contributed by atoms with Crippen LogP contribution in [-0.4, -0.2) is 10.5 Å². The van der Waals surface area contributed by atoms with E-state index in [1.165, 1.54) is 0 Å². The second-order valence-electron chi connectivity index (χ2n) is 1.99. The Morgan fingerprint density at radius 2 is 2.00 bits per heavy atom. The Bertz CT molecular complexity index is 260. The van der Waals surface area contributed by atoms with Crippen molar-refractivity contribution < 1.29 is 4.21 Å². The summed E-state index contributed by atoms with van der Waals surface area (Å²) in [7, 11) is -0.966. The molecule has 2 nitrogen and oxygen atoms in total. The average Bonchev–Trinajstić information content (AvgIpc) is 1.88. The Hall–Kier alpha value is -0.830. The second-order valence-corrected chi connectivity index (χ2v) is 3.34. The van der Waals surface area contributed by atoms with Crippen molar-refractivity contribution in [1.29, 1.82) is 0 Å². The first-order chi connectivity index (χ1) is 4.72. The van der Waals surface area contributed by atoms with E-state index < -0.39 is 10.8 Å². The Kier molecular flexibility index (Phi) is 2.06. The number of anilines is 1. The van der Waals surface area contributed by atoms with Crippen LogP contribution in [0.25, 0.3) is 0 Å². The number of hydrogen-bond donors (Lipinski definition) is 1. The van der Waals surface area contributed by atoms with Crippen molar-refractivity contribution in [2.75, 3.05) is 12.0 Å². The third-order valence-corrected chi connectivity index (χ3v) is 2.22. The highest BCUT2D eigenvalue weighted by Gasteiger charge is 1.98. The Labute approximate surface area is 62.5 Å². The molecule has 0 spiro atoms. The number of para-hydroxylation sites is 1. The van der Waals surface area contributed by atoms with E-state index in [1.807, 2.05) is 12.1 Å². The molecule has 1 rings (SSSR count). The van der Waals surface area contributed by atoms with E-state index in [0.717, 1.165) is 0 Å². The molecule has 0 fully saturated rings. The minimum atomic E-state index is -0.966. The molecule has 0 aromatic heterocycles. The second kappa shape index (κ2) is 2.84. The number of nitrogens with two attached hydrogens (primary N) is 1. The van der Waals surface area contributed by atoms with Gasteiger partial charge in [0.1, 0.15) is 0 Å². The summed E-state index contributed by atoms with van der Waals surface area (Å²) in [6.45, 7) is 0. The molecule has 0 aliphatic heterocycles. The summed E-state index contributed by atoms with van der Waals surface area (Å²) in [6, 6.07) is 7.17. The zero-order valence-electron chi connectivity index (χ0n) is 5.70. The predicted molar refractivity (Wildman–Crippen MR) is 43.2 cm³/mol. The largest absolute Gasteiger partial charge is 0.398 e. The van der Waals surface area contributed by atoms with Crippen molar-refractivity contribution in [2.45, 2.75) is 4.90 Å². The van der Waals surface area contributed by atoms with Gasteiger partial charge in [0.2, 0.25) is 0 Å². The van der Waals surface area contributed by atoms with Crippen LogP contribution in [0.15, 0.2) is 29.2 Å². The highest BCUT2D eigenvalue weighted by molar-refractivity contribution is 7.84. The van der Waals surface area contributed by atoms with Gasteiger partial charge < -0.3 is 5.73 Å². The van der Waals surface area contributed by atoms with Crippen LogP contribution >= 0.6 is 0 Å². The first kappa shape index (κ1) is 7.28. The molecule has 0 saturated heterocycles. The third-order valence-electron chi connectivity index (χ3n) is 1.23. The molecule has 2 N–H and O–H groups in total. The van der Waals surface area contributed by atoms with E-state index in [1.54, 1.807) is 18.4 Å². The van der Waals surface area contributed by atoms with Crippen LogP contribution in [0.5, 0.6) is 0 Å². The van der Waals surface area contributed by atoms with E-state index in [4.69, 9.17) is 5.73 Å². The molecule has 1 aromatic carbocycles. The van der Waals surface area contributed by atoms with Gasteiger partial charge in [-0.25, -0.2) is 0 Å². The molecular weight excluding hydrogens is 146 g/mol. The normalized spacial score (nSPS) is 12.9. The zero-order chi connectivity index (χ0) is 7.56. The molecule has 1 atom stereocenters. The minimum Gasteiger partial charge on any atom is -0.398 e. The summed E-state index contributed by atoms with van der Waals surface area (Å²) in [6.07, 6.45) is 1.62. The van der Waals surface area contributed by atoms with E-state index in [0.29, 0.717) is 10.6 Å². The Balaban J connectivity index is 3.15. The number of benzene rings is 1. The van der Waals surface area contributed by atoms with E-state index in [9.17, 15) is 4.21 Å². The molecule has 1 aromatic rings. The van der Waals surface area contributed by atoms with Gasteiger partial charge >= 0.3 is 0 Å². The van der Waals surface area contributed by atoms with Crippen LogP contribution in [-0.2, 0) is 10.8 Å². The van der Waals surface area contributed by atoms with Gasteiger partial charge in [0.25, 0.3) is 0 Å². The zero-order valence-corrected chi connectivity index (χ0v) is 6.52. The minimum absolute atomic E-state index is 0.600. The standard InChI is InChI=1S/C7H9NOS/c1-10(9)7-5-3-2-4-6(7)8/h2-5H,8H2,1H3/t10-/m1/s1.